The third kappa shape index (κ3) is 5.35. The normalized spacial score (nSPS) is 20.5. The number of rotatable bonds is 9. The van der Waals surface area contributed by atoms with Crippen molar-refractivity contribution >= 4 is 10.8 Å². The molecule has 0 spiro atoms. The maximum atomic E-state index is 2.48. The van der Waals surface area contributed by atoms with Crippen molar-refractivity contribution in [3.05, 3.63) is 47.5 Å². The highest BCUT2D eigenvalue weighted by Crippen LogP contribution is 2.38. The van der Waals surface area contributed by atoms with Gasteiger partial charge in [-0.05, 0) is 72.3 Å². The molecular formula is C26H38. The van der Waals surface area contributed by atoms with Gasteiger partial charge < -0.3 is 0 Å². The minimum atomic E-state index is 0.797. The molecule has 1 fully saturated rings. The SMILES string of the molecule is CCCCCc1ccc2cc(C3CCC(CCCCC)CC3)ccc2c1. The van der Waals surface area contributed by atoms with Crippen LogP contribution < -0.4 is 0 Å². The third-order valence-electron chi connectivity index (χ3n) is 6.53. The average molecular weight is 351 g/mol. The molecule has 0 heterocycles. The van der Waals surface area contributed by atoms with E-state index in [0.717, 1.165) is 11.8 Å². The molecule has 0 bridgehead atoms. The molecule has 0 aromatic heterocycles. The van der Waals surface area contributed by atoms with E-state index in [0.29, 0.717) is 0 Å². The molecule has 0 saturated heterocycles. The summed E-state index contributed by atoms with van der Waals surface area (Å²) < 4.78 is 0. The van der Waals surface area contributed by atoms with E-state index in [1.807, 2.05) is 0 Å². The molecule has 0 heteroatoms. The lowest BCUT2D eigenvalue weighted by molar-refractivity contribution is 0.303. The van der Waals surface area contributed by atoms with E-state index >= 15 is 0 Å². The van der Waals surface area contributed by atoms with Crippen molar-refractivity contribution < 1.29 is 0 Å². The summed E-state index contributed by atoms with van der Waals surface area (Å²) in [6.45, 7) is 4.59. The summed E-state index contributed by atoms with van der Waals surface area (Å²) in [6.07, 6.45) is 16.6. The molecule has 0 nitrogen and oxygen atoms in total. The Morgan fingerprint density at radius 2 is 1.42 bits per heavy atom. The lowest BCUT2D eigenvalue weighted by atomic mass is 9.77. The van der Waals surface area contributed by atoms with Crippen molar-refractivity contribution in [1.29, 1.82) is 0 Å². The summed E-state index contributed by atoms with van der Waals surface area (Å²) >= 11 is 0. The zero-order chi connectivity index (χ0) is 18.2. The molecule has 0 radical (unpaired) electrons. The van der Waals surface area contributed by atoms with E-state index in [1.165, 1.54) is 93.4 Å². The predicted octanol–water partition coefficient (Wildman–Crippen LogP) is 8.43. The van der Waals surface area contributed by atoms with Gasteiger partial charge in [0, 0.05) is 0 Å². The molecular weight excluding hydrogens is 312 g/mol. The van der Waals surface area contributed by atoms with Crippen LogP contribution in [-0.2, 0) is 6.42 Å². The highest BCUT2D eigenvalue weighted by molar-refractivity contribution is 5.84. The standard InChI is InChI=1S/C26H38/c1-3-5-7-9-21-11-14-23(15-12-21)25-18-17-24-19-22(10-8-6-4-2)13-16-26(24)20-25/h13,16-21,23H,3-12,14-15H2,1-2H3. The Morgan fingerprint density at radius 3 is 2.19 bits per heavy atom. The number of hydrogen-bond acceptors (Lipinski definition) is 0. The van der Waals surface area contributed by atoms with Crippen LogP contribution in [0.3, 0.4) is 0 Å². The Labute approximate surface area is 161 Å². The monoisotopic (exact) mass is 350 g/mol. The number of fused-ring (bicyclic) bond motifs is 1. The van der Waals surface area contributed by atoms with Crippen molar-refractivity contribution in [1.82, 2.24) is 0 Å². The smallest absolute Gasteiger partial charge is 0.0162 e. The van der Waals surface area contributed by atoms with Crippen LogP contribution in [0.15, 0.2) is 36.4 Å². The van der Waals surface area contributed by atoms with Crippen LogP contribution in [0.2, 0.25) is 0 Å². The van der Waals surface area contributed by atoms with Gasteiger partial charge in [-0.1, -0.05) is 88.8 Å². The highest BCUT2D eigenvalue weighted by Gasteiger charge is 2.22. The van der Waals surface area contributed by atoms with Crippen LogP contribution >= 0.6 is 0 Å². The minimum absolute atomic E-state index is 0.797. The van der Waals surface area contributed by atoms with Crippen molar-refractivity contribution in [2.45, 2.75) is 96.8 Å². The summed E-state index contributed by atoms with van der Waals surface area (Å²) in [5.41, 5.74) is 3.09. The average Bonchev–Trinajstić information content (AvgIpc) is 2.68. The molecule has 2 aromatic rings. The molecule has 26 heavy (non-hydrogen) atoms. The minimum Gasteiger partial charge on any atom is -0.0654 e. The van der Waals surface area contributed by atoms with Gasteiger partial charge in [0.25, 0.3) is 0 Å². The first-order valence-electron chi connectivity index (χ1n) is 11.3. The lowest BCUT2D eigenvalue weighted by Crippen LogP contribution is -2.13. The van der Waals surface area contributed by atoms with Crippen LogP contribution in [0.5, 0.6) is 0 Å². The first kappa shape index (κ1) is 19.5. The van der Waals surface area contributed by atoms with Crippen LogP contribution in [-0.4, -0.2) is 0 Å². The molecule has 2 aromatic carbocycles. The first-order chi connectivity index (χ1) is 12.8. The summed E-state index contributed by atoms with van der Waals surface area (Å²) in [5, 5.41) is 2.86. The molecule has 1 aliphatic rings. The Hall–Kier alpha value is -1.30. The maximum Gasteiger partial charge on any atom is -0.0162 e. The Kier molecular flexibility index (Phi) is 7.59. The largest absolute Gasteiger partial charge is 0.0654 e. The van der Waals surface area contributed by atoms with E-state index in [4.69, 9.17) is 0 Å². The summed E-state index contributed by atoms with van der Waals surface area (Å²) in [7, 11) is 0. The molecule has 1 aliphatic carbocycles. The van der Waals surface area contributed by atoms with Crippen molar-refractivity contribution in [2.24, 2.45) is 5.92 Å². The van der Waals surface area contributed by atoms with Gasteiger partial charge in [-0.3, -0.25) is 0 Å². The van der Waals surface area contributed by atoms with E-state index < -0.39 is 0 Å². The summed E-state index contributed by atoms with van der Waals surface area (Å²) in [5.74, 6) is 1.80. The van der Waals surface area contributed by atoms with Gasteiger partial charge in [0.1, 0.15) is 0 Å². The predicted molar refractivity (Wildman–Crippen MR) is 116 cm³/mol. The fourth-order valence-corrected chi connectivity index (χ4v) is 4.77. The number of aryl methyl sites for hydroxylation is 1. The maximum absolute atomic E-state index is 2.48. The first-order valence-corrected chi connectivity index (χ1v) is 11.3. The van der Waals surface area contributed by atoms with Crippen LogP contribution in [0, 0.1) is 5.92 Å². The number of hydrogen-bond donors (Lipinski definition) is 0. The van der Waals surface area contributed by atoms with Crippen LogP contribution in [0.1, 0.15) is 102 Å². The van der Waals surface area contributed by atoms with Crippen molar-refractivity contribution in [3.63, 3.8) is 0 Å². The van der Waals surface area contributed by atoms with Crippen molar-refractivity contribution in [2.75, 3.05) is 0 Å². The molecule has 0 N–H and O–H groups in total. The van der Waals surface area contributed by atoms with E-state index in [2.05, 4.69) is 50.2 Å². The Bertz CT molecular complexity index is 661. The molecule has 0 amide bonds. The van der Waals surface area contributed by atoms with Gasteiger partial charge >= 0.3 is 0 Å². The van der Waals surface area contributed by atoms with Gasteiger partial charge in [0.05, 0.1) is 0 Å². The fraction of sp³-hybridized carbons (Fsp3) is 0.615. The van der Waals surface area contributed by atoms with Crippen molar-refractivity contribution in [3.8, 4) is 0 Å². The Balaban J connectivity index is 1.58. The molecule has 0 aliphatic heterocycles. The number of unbranched alkanes of at least 4 members (excludes halogenated alkanes) is 4. The van der Waals surface area contributed by atoms with E-state index in [-0.39, 0.29) is 0 Å². The topological polar surface area (TPSA) is 0 Å². The van der Waals surface area contributed by atoms with Crippen LogP contribution in [0.25, 0.3) is 10.8 Å². The summed E-state index contributed by atoms with van der Waals surface area (Å²) in [4.78, 5) is 0. The van der Waals surface area contributed by atoms with Gasteiger partial charge in [-0.25, -0.2) is 0 Å². The molecule has 0 unspecified atom stereocenters. The fourth-order valence-electron chi connectivity index (χ4n) is 4.77. The van der Waals surface area contributed by atoms with Gasteiger partial charge in [0.2, 0.25) is 0 Å². The second-order valence-electron chi connectivity index (χ2n) is 8.61. The molecule has 142 valence electrons. The zero-order valence-electron chi connectivity index (χ0n) is 17.1. The Morgan fingerprint density at radius 1 is 0.731 bits per heavy atom. The zero-order valence-corrected chi connectivity index (χ0v) is 17.1. The second kappa shape index (κ2) is 10.1. The second-order valence-corrected chi connectivity index (χ2v) is 8.61. The van der Waals surface area contributed by atoms with E-state index in [9.17, 15) is 0 Å². The molecule has 0 atom stereocenters. The highest BCUT2D eigenvalue weighted by atomic mass is 14.3. The lowest BCUT2D eigenvalue weighted by Gasteiger charge is -2.29. The molecule has 3 rings (SSSR count). The van der Waals surface area contributed by atoms with E-state index in [1.54, 1.807) is 5.56 Å². The third-order valence-corrected chi connectivity index (χ3v) is 6.53. The summed E-state index contributed by atoms with van der Waals surface area (Å²) in [6, 6.07) is 14.4. The quantitative estimate of drug-likeness (QED) is 0.398. The van der Waals surface area contributed by atoms with Crippen LogP contribution in [0.4, 0.5) is 0 Å². The molecule has 1 saturated carbocycles. The van der Waals surface area contributed by atoms with Gasteiger partial charge in [-0.15, -0.1) is 0 Å². The van der Waals surface area contributed by atoms with Gasteiger partial charge in [-0.2, -0.15) is 0 Å². The van der Waals surface area contributed by atoms with Gasteiger partial charge in [0.15, 0.2) is 0 Å². The number of benzene rings is 2.